The predicted molar refractivity (Wildman–Crippen MR) is 139 cm³/mol. The monoisotopic (exact) mass is 548 g/mol. The minimum atomic E-state index is -3.06. The lowest BCUT2D eigenvalue weighted by Gasteiger charge is -2.15. The van der Waals surface area contributed by atoms with Gasteiger partial charge in [0, 0.05) is 33.6 Å². The molecule has 0 aliphatic carbocycles. The molecule has 38 heavy (non-hydrogen) atoms. The van der Waals surface area contributed by atoms with E-state index in [-0.39, 0.29) is 27.0 Å². The van der Waals surface area contributed by atoms with Gasteiger partial charge in [-0.05, 0) is 43.3 Å². The van der Waals surface area contributed by atoms with Crippen LogP contribution in [0.5, 0.6) is 5.75 Å². The molecule has 3 heterocycles. The highest BCUT2D eigenvalue weighted by molar-refractivity contribution is 7.21. The third-order valence-electron chi connectivity index (χ3n) is 5.39. The summed E-state index contributed by atoms with van der Waals surface area (Å²) in [6, 6.07) is 14.7. The Labute approximate surface area is 223 Å². The summed E-state index contributed by atoms with van der Waals surface area (Å²) in [4.78, 5) is 31.2. The molecule has 0 radical (unpaired) electrons. The number of alkyl halides is 2. The number of nitrogens with zero attached hydrogens (tertiary/aromatic N) is 5. The van der Waals surface area contributed by atoms with Gasteiger partial charge in [0.05, 0.1) is 29.1 Å². The first-order valence-electron chi connectivity index (χ1n) is 11.0. The van der Waals surface area contributed by atoms with E-state index in [1.807, 2.05) is 0 Å². The average Bonchev–Trinajstić information content (AvgIpc) is 3.30. The van der Waals surface area contributed by atoms with Crippen molar-refractivity contribution < 1.29 is 18.3 Å². The molecule has 0 fully saturated rings. The Kier molecular flexibility index (Phi) is 6.91. The summed E-state index contributed by atoms with van der Waals surface area (Å²) in [5, 5.41) is 12.2. The van der Waals surface area contributed by atoms with Gasteiger partial charge >= 0.3 is 6.61 Å². The van der Waals surface area contributed by atoms with Crippen molar-refractivity contribution in [3.05, 3.63) is 82.8 Å². The largest absolute Gasteiger partial charge is 0.434 e. The van der Waals surface area contributed by atoms with Gasteiger partial charge in [-0.3, -0.25) is 15.1 Å². The number of nitrogens with one attached hydrogen (secondary N) is 1. The van der Waals surface area contributed by atoms with Crippen LogP contribution in [0, 0.1) is 18.3 Å². The van der Waals surface area contributed by atoms with Crippen molar-refractivity contribution >= 4 is 44.5 Å². The first-order valence-corrected chi connectivity index (χ1v) is 12.2. The fraction of sp³-hybridized carbons (Fsp3) is 0.0769. The van der Waals surface area contributed by atoms with Gasteiger partial charge in [-0.25, -0.2) is 9.97 Å². The SMILES string of the molecule is Cc1cc(-c2cc(Cl)ccc2OC(F)F)c(C(=O)Nc2nc3ncc(-c4ccc(C#N)cc4)nc3s2)cn1. The number of fused-ring (bicyclic) bond motifs is 1. The van der Waals surface area contributed by atoms with Crippen molar-refractivity contribution in [2.75, 3.05) is 5.32 Å². The molecule has 3 aromatic heterocycles. The topological polar surface area (TPSA) is 114 Å². The predicted octanol–water partition coefficient (Wildman–Crippen LogP) is 6.50. The lowest BCUT2D eigenvalue weighted by molar-refractivity contribution is -0.0494. The van der Waals surface area contributed by atoms with Gasteiger partial charge in [0.1, 0.15) is 5.75 Å². The number of hydrogen-bond acceptors (Lipinski definition) is 8. The Morgan fingerprint density at radius 2 is 1.87 bits per heavy atom. The maximum absolute atomic E-state index is 13.3. The molecule has 2 aromatic carbocycles. The first-order chi connectivity index (χ1) is 18.3. The third kappa shape index (κ3) is 5.27. The Morgan fingerprint density at radius 1 is 1.08 bits per heavy atom. The molecule has 5 rings (SSSR count). The molecule has 8 nitrogen and oxygen atoms in total. The number of nitriles is 1. The number of aromatic nitrogens is 4. The molecule has 0 saturated carbocycles. The van der Waals surface area contributed by atoms with Gasteiger partial charge in [-0.15, -0.1) is 0 Å². The highest BCUT2D eigenvalue weighted by Crippen LogP contribution is 2.36. The molecule has 0 bridgehead atoms. The number of anilines is 1. The first kappa shape index (κ1) is 25.1. The highest BCUT2D eigenvalue weighted by atomic mass is 35.5. The summed E-state index contributed by atoms with van der Waals surface area (Å²) in [7, 11) is 0. The number of hydrogen-bond donors (Lipinski definition) is 1. The van der Waals surface area contributed by atoms with Crippen LogP contribution in [0.3, 0.4) is 0 Å². The van der Waals surface area contributed by atoms with E-state index >= 15 is 0 Å². The molecule has 0 aliphatic rings. The summed E-state index contributed by atoms with van der Waals surface area (Å²) >= 11 is 7.25. The zero-order valence-corrected chi connectivity index (χ0v) is 21.0. The molecular weight excluding hydrogens is 534 g/mol. The summed E-state index contributed by atoms with van der Waals surface area (Å²) in [6.07, 6.45) is 2.90. The van der Waals surface area contributed by atoms with E-state index in [4.69, 9.17) is 16.9 Å². The van der Waals surface area contributed by atoms with Gasteiger partial charge in [0.2, 0.25) is 0 Å². The third-order valence-corrected chi connectivity index (χ3v) is 6.48. The maximum Gasteiger partial charge on any atom is 0.387 e. The number of amides is 1. The molecule has 0 atom stereocenters. The lowest BCUT2D eigenvalue weighted by atomic mass is 9.99. The number of carbonyl (C=O) groups excluding carboxylic acids is 1. The zero-order valence-electron chi connectivity index (χ0n) is 19.4. The van der Waals surface area contributed by atoms with E-state index in [2.05, 4.69) is 36.1 Å². The molecular formula is C26H15ClF2N6O2S. The molecule has 1 amide bonds. The van der Waals surface area contributed by atoms with Crippen LogP contribution in [0.4, 0.5) is 13.9 Å². The van der Waals surface area contributed by atoms with Crippen LogP contribution in [-0.4, -0.2) is 32.5 Å². The molecule has 0 spiro atoms. The van der Waals surface area contributed by atoms with Crippen LogP contribution in [0.25, 0.3) is 32.9 Å². The van der Waals surface area contributed by atoms with Crippen LogP contribution in [0.15, 0.2) is 60.9 Å². The van der Waals surface area contributed by atoms with Crippen molar-refractivity contribution in [3.63, 3.8) is 0 Å². The lowest BCUT2D eigenvalue weighted by Crippen LogP contribution is -2.14. The van der Waals surface area contributed by atoms with E-state index in [0.29, 0.717) is 33.0 Å². The van der Waals surface area contributed by atoms with Crippen molar-refractivity contribution in [1.82, 2.24) is 19.9 Å². The fourth-order valence-electron chi connectivity index (χ4n) is 3.67. The number of ether oxygens (including phenoxy) is 1. The number of rotatable bonds is 6. The Bertz CT molecular complexity index is 1720. The molecule has 12 heteroatoms. The van der Waals surface area contributed by atoms with Crippen LogP contribution in [0.2, 0.25) is 5.02 Å². The van der Waals surface area contributed by atoms with E-state index in [0.717, 1.165) is 16.9 Å². The smallest absolute Gasteiger partial charge is 0.387 e. The van der Waals surface area contributed by atoms with Crippen LogP contribution >= 0.6 is 22.9 Å². The second kappa shape index (κ2) is 10.5. The minimum absolute atomic E-state index is 0.107. The number of aryl methyl sites for hydroxylation is 1. The molecule has 0 unspecified atom stereocenters. The van der Waals surface area contributed by atoms with Crippen LogP contribution in [-0.2, 0) is 0 Å². The second-order valence-electron chi connectivity index (χ2n) is 7.94. The number of benzene rings is 2. The van der Waals surface area contributed by atoms with E-state index in [1.165, 1.54) is 24.4 Å². The summed E-state index contributed by atoms with van der Waals surface area (Å²) in [5.41, 5.74) is 3.42. The van der Waals surface area contributed by atoms with Crippen molar-refractivity contribution in [1.29, 1.82) is 5.26 Å². The Hall–Kier alpha value is -4.53. The van der Waals surface area contributed by atoms with Gasteiger partial charge in [0.25, 0.3) is 5.91 Å². The number of pyridine rings is 1. The van der Waals surface area contributed by atoms with Crippen LogP contribution < -0.4 is 10.1 Å². The minimum Gasteiger partial charge on any atom is -0.434 e. The maximum atomic E-state index is 13.3. The normalized spacial score (nSPS) is 10.9. The standard InChI is InChI=1S/C26H15ClF2N6O2S/c1-13-8-17(18-9-16(27)6-7-21(18)37-25(28)29)19(11-31-13)23(36)35-26-34-22-24(38-26)33-20(12-32-22)15-4-2-14(10-30)3-5-15/h2-9,11-12,25H,1H3,(H,32,34,35,36). The van der Waals surface area contributed by atoms with Gasteiger partial charge in [-0.2, -0.15) is 19.0 Å². The second-order valence-corrected chi connectivity index (χ2v) is 9.35. The van der Waals surface area contributed by atoms with Gasteiger partial charge in [-0.1, -0.05) is 35.1 Å². The van der Waals surface area contributed by atoms with Gasteiger partial charge < -0.3 is 4.74 Å². The average molecular weight is 549 g/mol. The van der Waals surface area contributed by atoms with E-state index in [9.17, 15) is 13.6 Å². The Balaban J connectivity index is 1.47. The van der Waals surface area contributed by atoms with E-state index < -0.39 is 12.5 Å². The number of halogens is 3. The van der Waals surface area contributed by atoms with Crippen molar-refractivity contribution in [2.45, 2.75) is 13.5 Å². The van der Waals surface area contributed by atoms with Crippen molar-refractivity contribution in [3.8, 4) is 34.2 Å². The van der Waals surface area contributed by atoms with E-state index in [1.54, 1.807) is 43.5 Å². The number of carbonyl (C=O) groups is 1. The fourth-order valence-corrected chi connectivity index (χ4v) is 4.63. The zero-order chi connectivity index (χ0) is 26.8. The van der Waals surface area contributed by atoms with Crippen molar-refractivity contribution in [2.24, 2.45) is 0 Å². The quantitative estimate of drug-likeness (QED) is 0.257. The summed E-state index contributed by atoms with van der Waals surface area (Å²) < 4.78 is 30.7. The molecule has 188 valence electrons. The molecule has 0 saturated heterocycles. The Morgan fingerprint density at radius 3 is 2.61 bits per heavy atom. The summed E-state index contributed by atoms with van der Waals surface area (Å²) in [5.74, 6) is -0.699. The molecule has 1 N–H and O–H groups in total. The number of thiazole rings is 1. The molecule has 5 aromatic rings. The van der Waals surface area contributed by atoms with Gasteiger partial charge in [0.15, 0.2) is 15.6 Å². The highest BCUT2D eigenvalue weighted by Gasteiger charge is 2.21. The van der Waals surface area contributed by atoms with Crippen LogP contribution in [0.1, 0.15) is 21.6 Å². The molecule has 0 aliphatic heterocycles. The summed E-state index contributed by atoms with van der Waals surface area (Å²) in [6.45, 7) is -1.35.